The summed E-state index contributed by atoms with van der Waals surface area (Å²) in [4.78, 5) is 4.84. The fourth-order valence-electron chi connectivity index (χ4n) is 4.34. The number of phenols is 1. The summed E-state index contributed by atoms with van der Waals surface area (Å²) in [6.07, 6.45) is -0.927. The fraction of sp³-hybridized carbons (Fsp3) is 0.345. The Kier molecular flexibility index (Phi) is 5.83. The molecule has 3 aromatic carbocycles. The molecular formula is C29H34N2O2. The molecule has 0 saturated carbocycles. The van der Waals surface area contributed by atoms with Gasteiger partial charge in [0.25, 0.3) is 0 Å². The van der Waals surface area contributed by atoms with Gasteiger partial charge in [0.05, 0.1) is 11.0 Å². The molecule has 4 heteroatoms. The van der Waals surface area contributed by atoms with E-state index >= 15 is 0 Å². The van der Waals surface area contributed by atoms with Crippen molar-refractivity contribution in [3.05, 3.63) is 94.8 Å². The molecule has 4 aromatic rings. The van der Waals surface area contributed by atoms with E-state index in [2.05, 4.69) is 58.2 Å². The number of benzene rings is 3. The van der Waals surface area contributed by atoms with E-state index in [0.717, 1.165) is 33.3 Å². The zero-order chi connectivity index (χ0) is 24.0. The van der Waals surface area contributed by atoms with Crippen LogP contribution in [0, 0.1) is 0 Å². The van der Waals surface area contributed by atoms with Crippen LogP contribution >= 0.6 is 0 Å². The Bertz CT molecular complexity index is 1240. The molecule has 0 fully saturated rings. The molecule has 0 amide bonds. The summed E-state index contributed by atoms with van der Waals surface area (Å²) in [5, 5.41) is 22.8. The summed E-state index contributed by atoms with van der Waals surface area (Å²) in [7, 11) is 0. The van der Waals surface area contributed by atoms with Crippen molar-refractivity contribution in [2.24, 2.45) is 0 Å². The maximum absolute atomic E-state index is 11.7. The summed E-state index contributed by atoms with van der Waals surface area (Å²) >= 11 is 0. The molecule has 33 heavy (non-hydrogen) atoms. The third-order valence-corrected chi connectivity index (χ3v) is 6.18. The lowest BCUT2D eigenvalue weighted by Gasteiger charge is -2.29. The number of nitrogens with zero attached hydrogens (tertiary/aromatic N) is 2. The van der Waals surface area contributed by atoms with Gasteiger partial charge in [-0.15, -0.1) is 0 Å². The maximum Gasteiger partial charge on any atom is 0.143 e. The van der Waals surface area contributed by atoms with Crippen molar-refractivity contribution in [2.75, 3.05) is 0 Å². The monoisotopic (exact) mass is 442 g/mol. The van der Waals surface area contributed by atoms with E-state index in [1.807, 2.05) is 54.6 Å². The molecule has 4 rings (SSSR count). The Balaban J connectivity index is 1.90. The van der Waals surface area contributed by atoms with Crippen molar-refractivity contribution in [3.8, 4) is 5.75 Å². The second kappa shape index (κ2) is 8.35. The van der Waals surface area contributed by atoms with Crippen LogP contribution in [0.5, 0.6) is 5.75 Å². The average Bonchev–Trinajstić information content (AvgIpc) is 3.11. The number of phenolic OH excluding ortho intramolecular Hbond substituents is 1. The van der Waals surface area contributed by atoms with Gasteiger partial charge in [-0.25, -0.2) is 4.98 Å². The van der Waals surface area contributed by atoms with E-state index in [-0.39, 0.29) is 10.8 Å². The second-order valence-electron chi connectivity index (χ2n) is 10.9. The first-order valence-corrected chi connectivity index (χ1v) is 11.5. The van der Waals surface area contributed by atoms with Gasteiger partial charge < -0.3 is 14.8 Å². The number of aliphatic hydroxyl groups excluding tert-OH is 1. The number of para-hydroxylation sites is 2. The quantitative estimate of drug-likeness (QED) is 0.381. The molecule has 0 bridgehead atoms. The van der Waals surface area contributed by atoms with Crippen LogP contribution in [0.2, 0.25) is 0 Å². The average molecular weight is 443 g/mol. The number of hydrogen-bond donors (Lipinski definition) is 2. The molecule has 2 N–H and O–H groups in total. The molecule has 0 saturated heterocycles. The molecule has 0 radical (unpaired) electrons. The number of hydrogen-bond acceptors (Lipinski definition) is 3. The van der Waals surface area contributed by atoms with E-state index < -0.39 is 6.10 Å². The van der Waals surface area contributed by atoms with Crippen LogP contribution in [0.1, 0.15) is 75.7 Å². The van der Waals surface area contributed by atoms with Crippen LogP contribution in [0.4, 0.5) is 0 Å². The van der Waals surface area contributed by atoms with Gasteiger partial charge in [-0.05, 0) is 57.3 Å². The minimum atomic E-state index is -0.927. The molecule has 0 aliphatic heterocycles. The van der Waals surface area contributed by atoms with E-state index in [1.165, 1.54) is 0 Å². The standard InChI is InChI=1S/C29H34N2O2/c1-28(2,3)21-16-20(17-22(26(21)33)29(4,5)6)25(32)27-30-23-14-10-11-15-24(23)31(27)18-19-12-8-7-9-13-19/h7-17,25,32-33H,18H2,1-6H3. The second-order valence-corrected chi connectivity index (χ2v) is 10.9. The molecule has 1 unspecified atom stereocenters. The summed E-state index contributed by atoms with van der Waals surface area (Å²) in [6, 6.07) is 22.1. The fourth-order valence-corrected chi connectivity index (χ4v) is 4.34. The lowest BCUT2D eigenvalue weighted by Crippen LogP contribution is -2.19. The highest BCUT2D eigenvalue weighted by molar-refractivity contribution is 5.76. The first-order valence-electron chi connectivity index (χ1n) is 11.5. The Labute approximate surface area is 196 Å². The topological polar surface area (TPSA) is 58.3 Å². The predicted octanol–water partition coefficient (Wildman–Crippen LogP) is 6.47. The molecule has 0 aliphatic rings. The zero-order valence-electron chi connectivity index (χ0n) is 20.4. The molecule has 172 valence electrons. The van der Waals surface area contributed by atoms with Gasteiger partial charge in [-0.1, -0.05) is 84.0 Å². The van der Waals surface area contributed by atoms with Crippen molar-refractivity contribution < 1.29 is 10.2 Å². The van der Waals surface area contributed by atoms with Gasteiger partial charge in [0.15, 0.2) is 0 Å². The number of fused-ring (bicyclic) bond motifs is 1. The van der Waals surface area contributed by atoms with Crippen LogP contribution < -0.4 is 0 Å². The van der Waals surface area contributed by atoms with Gasteiger partial charge in [0, 0.05) is 6.54 Å². The summed E-state index contributed by atoms with van der Waals surface area (Å²) in [6.45, 7) is 13.1. The van der Waals surface area contributed by atoms with E-state index in [9.17, 15) is 10.2 Å². The number of imidazole rings is 1. The first-order chi connectivity index (χ1) is 15.5. The highest BCUT2D eigenvalue weighted by Crippen LogP contribution is 2.41. The first kappa shape index (κ1) is 23.1. The Hall–Kier alpha value is -3.11. The van der Waals surface area contributed by atoms with Crippen molar-refractivity contribution in [2.45, 2.75) is 65.0 Å². The zero-order valence-corrected chi connectivity index (χ0v) is 20.4. The molecule has 1 heterocycles. The highest BCUT2D eigenvalue weighted by atomic mass is 16.3. The number of rotatable bonds is 4. The largest absolute Gasteiger partial charge is 0.507 e. The van der Waals surface area contributed by atoms with Gasteiger partial charge in [0.1, 0.15) is 17.7 Å². The van der Waals surface area contributed by atoms with Gasteiger partial charge in [0.2, 0.25) is 0 Å². The Morgan fingerprint density at radius 3 is 1.94 bits per heavy atom. The van der Waals surface area contributed by atoms with E-state index in [1.54, 1.807) is 0 Å². The van der Waals surface area contributed by atoms with Crippen molar-refractivity contribution in [1.29, 1.82) is 0 Å². The minimum Gasteiger partial charge on any atom is -0.507 e. The third-order valence-electron chi connectivity index (χ3n) is 6.18. The van der Waals surface area contributed by atoms with Crippen molar-refractivity contribution in [3.63, 3.8) is 0 Å². The minimum absolute atomic E-state index is 0.274. The van der Waals surface area contributed by atoms with Crippen LogP contribution in [0.25, 0.3) is 11.0 Å². The lowest BCUT2D eigenvalue weighted by molar-refractivity contribution is 0.205. The van der Waals surface area contributed by atoms with Gasteiger partial charge in [-0.2, -0.15) is 0 Å². The Morgan fingerprint density at radius 1 is 0.818 bits per heavy atom. The molecule has 0 spiro atoms. The molecule has 4 nitrogen and oxygen atoms in total. The van der Waals surface area contributed by atoms with E-state index in [0.29, 0.717) is 18.1 Å². The lowest BCUT2D eigenvalue weighted by atomic mass is 9.78. The summed E-state index contributed by atoms with van der Waals surface area (Å²) in [5.74, 6) is 0.911. The van der Waals surface area contributed by atoms with Crippen molar-refractivity contribution in [1.82, 2.24) is 9.55 Å². The number of aromatic hydroxyl groups is 1. The molecular weight excluding hydrogens is 408 g/mol. The highest BCUT2D eigenvalue weighted by Gasteiger charge is 2.29. The molecule has 0 aliphatic carbocycles. The van der Waals surface area contributed by atoms with Gasteiger partial charge in [-0.3, -0.25) is 0 Å². The predicted molar refractivity (Wildman–Crippen MR) is 135 cm³/mol. The summed E-state index contributed by atoms with van der Waals surface area (Å²) in [5.41, 5.74) is 4.84. The van der Waals surface area contributed by atoms with Crippen molar-refractivity contribution >= 4 is 11.0 Å². The maximum atomic E-state index is 11.7. The van der Waals surface area contributed by atoms with Crippen LogP contribution in [0.15, 0.2) is 66.7 Å². The smallest absolute Gasteiger partial charge is 0.143 e. The van der Waals surface area contributed by atoms with Crippen LogP contribution in [-0.2, 0) is 17.4 Å². The van der Waals surface area contributed by atoms with Crippen LogP contribution in [-0.4, -0.2) is 19.8 Å². The number of aromatic nitrogens is 2. The van der Waals surface area contributed by atoms with Crippen LogP contribution in [0.3, 0.4) is 0 Å². The molecule has 1 atom stereocenters. The SMILES string of the molecule is CC(C)(C)c1cc(C(O)c2nc3ccccc3n2Cc2ccccc2)cc(C(C)(C)C)c1O. The molecule has 1 aromatic heterocycles. The third kappa shape index (κ3) is 4.53. The summed E-state index contributed by atoms with van der Waals surface area (Å²) < 4.78 is 2.09. The Morgan fingerprint density at radius 2 is 1.36 bits per heavy atom. The van der Waals surface area contributed by atoms with Gasteiger partial charge >= 0.3 is 0 Å². The normalized spacial score (nSPS) is 13.4. The number of aliphatic hydroxyl groups is 1. The van der Waals surface area contributed by atoms with E-state index in [4.69, 9.17) is 4.98 Å².